The van der Waals surface area contributed by atoms with E-state index >= 15 is 0 Å². The minimum absolute atomic E-state index is 0.229. The smallest absolute Gasteiger partial charge is 0.145 e. The van der Waals surface area contributed by atoms with E-state index in [1.807, 2.05) is 5.51 Å². The zero-order valence-corrected chi connectivity index (χ0v) is 13.5. The van der Waals surface area contributed by atoms with Crippen molar-refractivity contribution in [3.05, 3.63) is 46.3 Å². The summed E-state index contributed by atoms with van der Waals surface area (Å²) in [4.78, 5) is 10.8. The number of aliphatic imine (C=N–C) groups is 1. The Kier molecular flexibility index (Phi) is 3.70. The summed E-state index contributed by atoms with van der Waals surface area (Å²) in [6, 6.07) is 10.5. The summed E-state index contributed by atoms with van der Waals surface area (Å²) in [5.74, 6) is 2.21. The van der Waals surface area contributed by atoms with Crippen LogP contribution in [0.3, 0.4) is 0 Å². The van der Waals surface area contributed by atoms with Gasteiger partial charge in [0, 0.05) is 10.3 Å². The second-order valence-corrected chi connectivity index (χ2v) is 7.36. The van der Waals surface area contributed by atoms with Crippen LogP contribution >= 0.6 is 11.3 Å². The van der Waals surface area contributed by atoms with Gasteiger partial charge in [-0.2, -0.15) is 0 Å². The Morgan fingerprint density at radius 2 is 1.95 bits per heavy atom. The number of amidine groups is 1. The maximum Gasteiger partial charge on any atom is 0.145 e. The molecule has 4 heteroatoms. The zero-order valence-electron chi connectivity index (χ0n) is 12.7. The Bertz CT molecular complexity index is 669. The molecule has 0 saturated heterocycles. The lowest BCUT2D eigenvalue weighted by Gasteiger charge is -2.41. The number of benzene rings is 1. The van der Waals surface area contributed by atoms with Crippen LogP contribution in [0.15, 0.2) is 40.8 Å². The number of nitrogens with one attached hydrogen (secondary N) is 1. The molecule has 1 aromatic carbocycles. The first kappa shape index (κ1) is 13.9. The van der Waals surface area contributed by atoms with Gasteiger partial charge in [-0.3, -0.25) is 4.99 Å². The summed E-state index contributed by atoms with van der Waals surface area (Å²) in [6.07, 6.45) is 7.63. The molecule has 0 atom stereocenters. The summed E-state index contributed by atoms with van der Waals surface area (Å²) < 4.78 is 0. The molecule has 1 fully saturated rings. The van der Waals surface area contributed by atoms with Gasteiger partial charge >= 0.3 is 0 Å². The van der Waals surface area contributed by atoms with Gasteiger partial charge < -0.3 is 5.32 Å². The van der Waals surface area contributed by atoms with Gasteiger partial charge in [0.15, 0.2) is 0 Å². The molecule has 0 radical (unpaired) electrons. The van der Waals surface area contributed by atoms with Crippen LogP contribution in [-0.2, 0) is 13.0 Å². The lowest BCUT2D eigenvalue weighted by molar-refractivity contribution is 0.280. The Labute approximate surface area is 135 Å². The van der Waals surface area contributed by atoms with Gasteiger partial charge in [0.2, 0.25) is 0 Å². The van der Waals surface area contributed by atoms with Gasteiger partial charge in [-0.15, -0.1) is 11.3 Å². The minimum Gasteiger partial charge on any atom is -0.327 e. The van der Waals surface area contributed by atoms with Crippen LogP contribution in [0, 0.1) is 5.41 Å². The lowest BCUT2D eigenvalue weighted by Crippen LogP contribution is -2.43. The van der Waals surface area contributed by atoms with Gasteiger partial charge in [-0.05, 0) is 24.8 Å². The maximum absolute atomic E-state index is 4.98. The van der Waals surface area contributed by atoms with E-state index in [9.17, 15) is 0 Å². The first-order chi connectivity index (χ1) is 10.9. The molecule has 4 rings (SSSR count). The van der Waals surface area contributed by atoms with E-state index < -0.39 is 0 Å². The number of hydrogen-bond donors (Lipinski definition) is 1. The lowest BCUT2D eigenvalue weighted by atomic mass is 9.69. The summed E-state index contributed by atoms with van der Waals surface area (Å²) in [5, 5.41) is 3.56. The molecule has 0 bridgehead atoms. The van der Waals surface area contributed by atoms with Gasteiger partial charge in [-0.25, -0.2) is 4.98 Å². The van der Waals surface area contributed by atoms with E-state index in [4.69, 9.17) is 4.99 Å². The van der Waals surface area contributed by atoms with Crippen LogP contribution in [0.1, 0.15) is 42.5 Å². The van der Waals surface area contributed by atoms with E-state index in [1.165, 1.54) is 48.4 Å². The summed E-state index contributed by atoms with van der Waals surface area (Å²) in [5.41, 5.74) is 3.45. The largest absolute Gasteiger partial charge is 0.327 e. The van der Waals surface area contributed by atoms with Gasteiger partial charge in [0.05, 0.1) is 12.1 Å². The molecule has 1 saturated carbocycles. The second-order valence-electron chi connectivity index (χ2n) is 6.42. The predicted octanol–water partition coefficient (Wildman–Crippen LogP) is 4.66. The second kappa shape index (κ2) is 5.84. The number of hydrogen-bond acceptors (Lipinski definition) is 3. The quantitative estimate of drug-likeness (QED) is 0.875. The number of thiazole rings is 1. The highest BCUT2D eigenvalue weighted by Gasteiger charge is 2.41. The third-order valence-corrected chi connectivity index (χ3v) is 5.79. The van der Waals surface area contributed by atoms with Crippen LogP contribution in [0.5, 0.6) is 0 Å². The number of rotatable bonds is 2. The van der Waals surface area contributed by atoms with Crippen LogP contribution in [0.4, 0.5) is 5.82 Å². The molecule has 22 heavy (non-hydrogen) atoms. The molecule has 2 heterocycles. The molecule has 0 amide bonds. The Morgan fingerprint density at radius 1 is 1.14 bits per heavy atom. The normalized spacial score (nSPS) is 21.5. The molecule has 2 aliphatic rings. The monoisotopic (exact) mass is 311 g/mol. The number of aromatic nitrogens is 1. The van der Waals surface area contributed by atoms with Crippen LogP contribution in [0.2, 0.25) is 0 Å². The Hall–Kier alpha value is -1.68. The fourth-order valence-electron chi connectivity index (χ4n) is 3.74. The van der Waals surface area contributed by atoms with Crippen molar-refractivity contribution in [3.63, 3.8) is 0 Å². The molecule has 1 aliphatic carbocycles. The first-order valence-electron chi connectivity index (χ1n) is 8.14. The standard InChI is InChI=1S/C18H21N3S/c1-3-7-14(8-4-1)12-19-17-18(9-5-2-6-10-18)11-15-16(21-17)20-13-22-15/h1,3-4,7-8,13H,2,5-6,9-12H2,(H,19,21). The Morgan fingerprint density at radius 3 is 2.77 bits per heavy atom. The van der Waals surface area contributed by atoms with E-state index in [1.54, 1.807) is 11.3 Å². The van der Waals surface area contributed by atoms with Crippen molar-refractivity contribution in [2.45, 2.75) is 45.1 Å². The minimum atomic E-state index is 0.229. The molecule has 0 unspecified atom stereocenters. The summed E-state index contributed by atoms with van der Waals surface area (Å²) >= 11 is 1.78. The molecular formula is C18H21N3S. The molecule has 1 aromatic heterocycles. The van der Waals surface area contributed by atoms with Crippen molar-refractivity contribution in [2.75, 3.05) is 5.32 Å². The maximum atomic E-state index is 4.98. The summed E-state index contributed by atoms with van der Waals surface area (Å²) in [7, 11) is 0. The van der Waals surface area contributed by atoms with Crippen LogP contribution < -0.4 is 5.32 Å². The molecule has 114 valence electrons. The van der Waals surface area contributed by atoms with Crippen molar-refractivity contribution < 1.29 is 0 Å². The topological polar surface area (TPSA) is 37.3 Å². The first-order valence-corrected chi connectivity index (χ1v) is 9.02. The number of anilines is 1. The van der Waals surface area contributed by atoms with E-state index in [2.05, 4.69) is 40.6 Å². The average molecular weight is 311 g/mol. The van der Waals surface area contributed by atoms with E-state index in [-0.39, 0.29) is 5.41 Å². The van der Waals surface area contributed by atoms with Crippen LogP contribution in [0.25, 0.3) is 0 Å². The average Bonchev–Trinajstić information content (AvgIpc) is 3.01. The number of fused-ring (bicyclic) bond motifs is 1. The summed E-state index contributed by atoms with van der Waals surface area (Å²) in [6.45, 7) is 0.754. The van der Waals surface area contributed by atoms with Crippen molar-refractivity contribution in [3.8, 4) is 0 Å². The molecule has 1 spiro atoms. The highest BCUT2D eigenvalue weighted by molar-refractivity contribution is 7.10. The van der Waals surface area contributed by atoms with Gasteiger partial charge in [0.1, 0.15) is 11.7 Å². The van der Waals surface area contributed by atoms with Crippen molar-refractivity contribution >= 4 is 23.0 Å². The number of nitrogens with zero attached hydrogens (tertiary/aromatic N) is 2. The molecule has 2 aromatic rings. The fourth-order valence-corrected chi connectivity index (χ4v) is 4.60. The SMILES string of the molecule is c1ccc(CN=C2Nc3ncsc3CC23CCCCC3)cc1. The zero-order chi connectivity index (χ0) is 14.8. The highest BCUT2D eigenvalue weighted by Crippen LogP contribution is 2.45. The Balaban J connectivity index is 1.65. The fraction of sp³-hybridized carbons (Fsp3) is 0.444. The molecule has 1 aliphatic heterocycles. The molecule has 3 nitrogen and oxygen atoms in total. The molecule has 1 N–H and O–H groups in total. The third kappa shape index (κ3) is 2.56. The predicted molar refractivity (Wildman–Crippen MR) is 92.5 cm³/mol. The van der Waals surface area contributed by atoms with Crippen LogP contribution in [-0.4, -0.2) is 10.8 Å². The highest BCUT2D eigenvalue weighted by atomic mass is 32.1. The van der Waals surface area contributed by atoms with Crippen molar-refractivity contribution in [1.82, 2.24) is 4.98 Å². The van der Waals surface area contributed by atoms with Crippen molar-refractivity contribution in [2.24, 2.45) is 10.4 Å². The van der Waals surface area contributed by atoms with E-state index in [0.717, 1.165) is 18.8 Å². The van der Waals surface area contributed by atoms with Crippen molar-refractivity contribution in [1.29, 1.82) is 0 Å². The van der Waals surface area contributed by atoms with Gasteiger partial charge in [-0.1, -0.05) is 49.6 Å². The molecular weight excluding hydrogens is 290 g/mol. The van der Waals surface area contributed by atoms with E-state index in [0.29, 0.717) is 0 Å². The van der Waals surface area contributed by atoms with Gasteiger partial charge in [0.25, 0.3) is 0 Å². The third-order valence-electron chi connectivity index (χ3n) is 4.95.